The summed E-state index contributed by atoms with van der Waals surface area (Å²) in [5.74, 6) is 0.209. The predicted molar refractivity (Wildman–Crippen MR) is 284 cm³/mol. The molecule has 6 nitrogen and oxygen atoms in total. The summed E-state index contributed by atoms with van der Waals surface area (Å²) in [6.45, 7) is 0. The molecule has 0 aliphatic rings. The van der Waals surface area contributed by atoms with E-state index < -0.39 is 11.7 Å². The van der Waals surface area contributed by atoms with Gasteiger partial charge in [-0.05, 0) is 60.7 Å². The van der Waals surface area contributed by atoms with E-state index in [0.717, 1.165) is 71.6 Å². The Labute approximate surface area is 411 Å². The highest BCUT2D eigenvalue weighted by Crippen LogP contribution is 2.46. The number of rotatable bonds is 8. The zero-order valence-electron chi connectivity index (χ0n) is 38.3. The minimum Gasteiger partial charge on any atom is -0.309 e. The SMILES string of the molecule is FC(F)(F)c1cc(-c2nc(-c3ccccc3)cc(-c3ccccc3)n2)c(-n2c3ccccc3c3cc(-n4c5ccccc5c5ccccc54)ccc32)c(-c2nc(-c3ccccc3)cc(-c3ccccc3)n2)c1. The van der Waals surface area contributed by atoms with Gasteiger partial charge in [-0.1, -0.05) is 176 Å². The van der Waals surface area contributed by atoms with E-state index in [1.807, 2.05) is 168 Å². The van der Waals surface area contributed by atoms with E-state index in [4.69, 9.17) is 19.9 Å². The Kier molecular flexibility index (Phi) is 10.2. The molecule has 4 aromatic heterocycles. The third-order valence-electron chi connectivity index (χ3n) is 13.4. The van der Waals surface area contributed by atoms with Crippen LogP contribution < -0.4 is 0 Å². The quantitative estimate of drug-likeness (QED) is 0.152. The van der Waals surface area contributed by atoms with Gasteiger partial charge >= 0.3 is 6.18 Å². The van der Waals surface area contributed by atoms with Gasteiger partial charge in [0.05, 0.1) is 56.1 Å². The largest absolute Gasteiger partial charge is 0.416 e. The molecule has 0 N–H and O–H groups in total. The van der Waals surface area contributed by atoms with Gasteiger partial charge in [-0.2, -0.15) is 13.2 Å². The minimum atomic E-state index is -4.79. The van der Waals surface area contributed by atoms with E-state index in [1.165, 1.54) is 12.1 Å². The van der Waals surface area contributed by atoms with Crippen LogP contribution in [0.1, 0.15) is 5.56 Å². The summed E-state index contributed by atoms with van der Waals surface area (Å²) < 4.78 is 51.9. The molecule has 9 aromatic carbocycles. The lowest BCUT2D eigenvalue weighted by molar-refractivity contribution is -0.137. The molecule has 0 bridgehead atoms. The van der Waals surface area contributed by atoms with Crippen LogP contribution in [-0.4, -0.2) is 29.1 Å². The summed E-state index contributed by atoms with van der Waals surface area (Å²) in [6, 6.07) is 75.8. The topological polar surface area (TPSA) is 61.4 Å². The summed E-state index contributed by atoms with van der Waals surface area (Å²) in [6.07, 6.45) is -4.79. The number of fused-ring (bicyclic) bond motifs is 6. The molecular formula is C63H39F3N6. The molecule has 4 heterocycles. The number of nitrogens with zero attached hydrogens (tertiary/aromatic N) is 6. The van der Waals surface area contributed by atoms with Gasteiger partial charge in [0.15, 0.2) is 11.6 Å². The first kappa shape index (κ1) is 42.6. The molecule has 0 unspecified atom stereocenters. The molecule has 0 saturated heterocycles. The molecule has 13 aromatic rings. The number of alkyl halides is 3. The molecule has 0 atom stereocenters. The van der Waals surface area contributed by atoms with Crippen molar-refractivity contribution < 1.29 is 13.2 Å². The van der Waals surface area contributed by atoms with E-state index in [1.54, 1.807) is 0 Å². The van der Waals surface area contributed by atoms with Crippen molar-refractivity contribution in [3.8, 4) is 79.2 Å². The summed E-state index contributed by atoms with van der Waals surface area (Å²) in [4.78, 5) is 20.8. The van der Waals surface area contributed by atoms with Crippen molar-refractivity contribution in [1.82, 2.24) is 29.1 Å². The molecule has 0 aliphatic carbocycles. The maximum Gasteiger partial charge on any atom is 0.416 e. The Hall–Kier alpha value is -9.47. The lowest BCUT2D eigenvalue weighted by Crippen LogP contribution is -2.11. The number of para-hydroxylation sites is 3. The summed E-state index contributed by atoms with van der Waals surface area (Å²) in [5, 5.41) is 4.07. The van der Waals surface area contributed by atoms with Crippen molar-refractivity contribution in [3.05, 3.63) is 242 Å². The molecule has 342 valence electrons. The van der Waals surface area contributed by atoms with Gasteiger partial charge < -0.3 is 9.13 Å². The number of hydrogen-bond donors (Lipinski definition) is 0. The van der Waals surface area contributed by atoms with Gasteiger partial charge in [0.1, 0.15) is 0 Å². The van der Waals surface area contributed by atoms with Gasteiger partial charge in [0.25, 0.3) is 0 Å². The summed E-state index contributed by atoms with van der Waals surface area (Å²) in [7, 11) is 0. The fraction of sp³-hybridized carbons (Fsp3) is 0.0159. The summed E-state index contributed by atoms with van der Waals surface area (Å²) in [5.41, 5.74) is 9.73. The zero-order chi connectivity index (χ0) is 48.3. The lowest BCUT2D eigenvalue weighted by atomic mass is 9.98. The maximum atomic E-state index is 15.8. The Bertz CT molecular complexity index is 3870. The molecule has 0 spiro atoms. The van der Waals surface area contributed by atoms with E-state index in [2.05, 4.69) is 65.2 Å². The molecule has 0 amide bonds. The van der Waals surface area contributed by atoms with Gasteiger partial charge in [-0.3, -0.25) is 0 Å². The molecule has 0 radical (unpaired) electrons. The van der Waals surface area contributed by atoms with E-state index in [-0.39, 0.29) is 22.8 Å². The number of benzene rings is 9. The highest BCUT2D eigenvalue weighted by Gasteiger charge is 2.35. The van der Waals surface area contributed by atoms with Crippen LogP contribution >= 0.6 is 0 Å². The maximum absolute atomic E-state index is 15.8. The Morgan fingerprint density at radius 1 is 0.306 bits per heavy atom. The zero-order valence-corrected chi connectivity index (χ0v) is 38.3. The highest BCUT2D eigenvalue weighted by molar-refractivity contribution is 6.13. The second kappa shape index (κ2) is 17.2. The Morgan fingerprint density at radius 2 is 0.639 bits per heavy atom. The number of aromatic nitrogens is 6. The van der Waals surface area contributed by atoms with Crippen LogP contribution in [0.3, 0.4) is 0 Å². The van der Waals surface area contributed by atoms with Crippen molar-refractivity contribution in [2.24, 2.45) is 0 Å². The van der Waals surface area contributed by atoms with Crippen LogP contribution in [0.5, 0.6) is 0 Å². The molecule has 0 aliphatic heterocycles. The minimum absolute atomic E-state index is 0.105. The monoisotopic (exact) mass is 936 g/mol. The average molecular weight is 937 g/mol. The standard InChI is InChI=1S/C63H39F3N6/c64-63(65,66)44-35-50(61-67-52(40-19-5-1-6-20-40)38-53(68-61)41-21-7-2-8-22-41)60(51(36-44)62-69-54(42-23-9-3-10-24-42)39-55(70-62)43-25-11-4-12-26-43)72-58-32-18-15-29-48(58)49-37-45(33-34-59(49)72)71-56-30-16-13-27-46(56)47-28-14-17-31-57(47)71/h1-39H. The van der Waals surface area contributed by atoms with Crippen molar-refractivity contribution in [2.45, 2.75) is 6.18 Å². The van der Waals surface area contributed by atoms with Gasteiger partial charge in [-0.25, -0.2) is 19.9 Å². The Balaban J connectivity index is 1.17. The highest BCUT2D eigenvalue weighted by atomic mass is 19.4. The smallest absolute Gasteiger partial charge is 0.309 e. The van der Waals surface area contributed by atoms with E-state index in [0.29, 0.717) is 28.5 Å². The van der Waals surface area contributed by atoms with Crippen LogP contribution in [0.4, 0.5) is 13.2 Å². The van der Waals surface area contributed by atoms with Gasteiger partial charge in [-0.15, -0.1) is 0 Å². The van der Waals surface area contributed by atoms with Crippen molar-refractivity contribution >= 4 is 43.6 Å². The van der Waals surface area contributed by atoms with Crippen LogP contribution in [0.15, 0.2) is 237 Å². The molecule has 13 rings (SSSR count). The number of halogens is 3. The second-order valence-corrected chi connectivity index (χ2v) is 17.7. The number of hydrogen-bond acceptors (Lipinski definition) is 4. The van der Waals surface area contributed by atoms with Crippen LogP contribution in [0.25, 0.3) is 123 Å². The molecule has 72 heavy (non-hydrogen) atoms. The lowest BCUT2D eigenvalue weighted by Gasteiger charge is -2.21. The summed E-state index contributed by atoms with van der Waals surface area (Å²) >= 11 is 0. The van der Waals surface area contributed by atoms with Gasteiger partial charge in [0, 0.05) is 60.6 Å². The second-order valence-electron chi connectivity index (χ2n) is 17.7. The van der Waals surface area contributed by atoms with Crippen LogP contribution in [0.2, 0.25) is 0 Å². The molecule has 0 saturated carbocycles. The van der Waals surface area contributed by atoms with E-state index >= 15 is 13.2 Å². The first-order valence-electron chi connectivity index (χ1n) is 23.6. The third-order valence-corrected chi connectivity index (χ3v) is 13.4. The fourth-order valence-electron chi connectivity index (χ4n) is 10.1. The fourth-order valence-corrected chi connectivity index (χ4v) is 10.1. The van der Waals surface area contributed by atoms with Crippen molar-refractivity contribution in [3.63, 3.8) is 0 Å². The first-order valence-corrected chi connectivity index (χ1v) is 23.6. The molecular weight excluding hydrogens is 898 g/mol. The predicted octanol–water partition coefficient (Wildman–Crippen LogP) is 16.5. The van der Waals surface area contributed by atoms with Crippen LogP contribution in [0, 0.1) is 0 Å². The molecule has 0 fully saturated rings. The van der Waals surface area contributed by atoms with E-state index in [9.17, 15) is 0 Å². The Morgan fingerprint density at radius 3 is 1.03 bits per heavy atom. The first-order chi connectivity index (χ1) is 35.3. The van der Waals surface area contributed by atoms with Crippen molar-refractivity contribution in [2.75, 3.05) is 0 Å². The third kappa shape index (κ3) is 7.38. The normalized spacial score (nSPS) is 11.8. The van der Waals surface area contributed by atoms with Crippen LogP contribution in [-0.2, 0) is 6.18 Å². The molecule has 9 heteroatoms. The average Bonchev–Trinajstić information content (AvgIpc) is 3.95. The van der Waals surface area contributed by atoms with Gasteiger partial charge in [0.2, 0.25) is 0 Å². The van der Waals surface area contributed by atoms with Crippen molar-refractivity contribution in [1.29, 1.82) is 0 Å².